The predicted molar refractivity (Wildman–Crippen MR) is 98.5 cm³/mol. The van der Waals surface area contributed by atoms with Gasteiger partial charge in [-0.2, -0.15) is 0 Å². The van der Waals surface area contributed by atoms with Crippen molar-refractivity contribution >= 4 is 34.8 Å². The molecular formula is C18H20Cl2N2O2. The van der Waals surface area contributed by atoms with Gasteiger partial charge >= 0.3 is 0 Å². The van der Waals surface area contributed by atoms with Crippen molar-refractivity contribution in [3.05, 3.63) is 50.3 Å². The number of ether oxygens (including phenoxy) is 1. The summed E-state index contributed by atoms with van der Waals surface area (Å²) < 4.78 is 5.55. The standard InChI is InChI=1S/C18H20Cl2N2O2/c1-9-6-10(2)17(11(3)7-9)22-14(23)8-24-18-15(19)12(4)21-13(5)16(18)20/h6-7H,8H2,1-5H3,(H,22,23). The summed E-state index contributed by atoms with van der Waals surface area (Å²) in [4.78, 5) is 16.4. The second-order valence-electron chi connectivity index (χ2n) is 5.85. The number of aryl methyl sites for hydroxylation is 5. The monoisotopic (exact) mass is 366 g/mol. The van der Waals surface area contributed by atoms with E-state index in [1.807, 2.05) is 32.9 Å². The van der Waals surface area contributed by atoms with Crippen molar-refractivity contribution in [2.24, 2.45) is 0 Å². The summed E-state index contributed by atoms with van der Waals surface area (Å²) in [6, 6.07) is 4.04. The minimum Gasteiger partial charge on any atom is -0.480 e. The largest absolute Gasteiger partial charge is 0.480 e. The van der Waals surface area contributed by atoms with E-state index in [1.165, 1.54) is 0 Å². The topological polar surface area (TPSA) is 51.2 Å². The lowest BCUT2D eigenvalue weighted by Crippen LogP contribution is -2.21. The molecule has 2 aromatic rings. The molecule has 24 heavy (non-hydrogen) atoms. The van der Waals surface area contributed by atoms with Crippen LogP contribution in [-0.2, 0) is 4.79 Å². The van der Waals surface area contributed by atoms with Crippen LogP contribution in [0.3, 0.4) is 0 Å². The number of halogens is 2. The summed E-state index contributed by atoms with van der Waals surface area (Å²) in [5.41, 5.74) is 5.19. The molecule has 0 unspecified atom stereocenters. The number of benzene rings is 1. The van der Waals surface area contributed by atoms with Gasteiger partial charge in [-0.05, 0) is 45.7 Å². The lowest BCUT2D eigenvalue weighted by atomic mass is 10.1. The highest BCUT2D eigenvalue weighted by Gasteiger charge is 2.16. The zero-order valence-electron chi connectivity index (χ0n) is 14.4. The molecule has 1 amide bonds. The van der Waals surface area contributed by atoms with E-state index in [9.17, 15) is 4.79 Å². The van der Waals surface area contributed by atoms with Crippen molar-refractivity contribution in [3.8, 4) is 5.75 Å². The van der Waals surface area contributed by atoms with Gasteiger partial charge in [0.25, 0.3) is 5.91 Å². The summed E-state index contributed by atoms with van der Waals surface area (Å²) in [6.45, 7) is 9.27. The second kappa shape index (κ2) is 7.41. The van der Waals surface area contributed by atoms with Gasteiger partial charge in [-0.1, -0.05) is 40.9 Å². The minimum absolute atomic E-state index is 0.185. The van der Waals surface area contributed by atoms with E-state index in [4.69, 9.17) is 27.9 Å². The van der Waals surface area contributed by atoms with E-state index in [1.54, 1.807) is 13.8 Å². The van der Waals surface area contributed by atoms with Gasteiger partial charge in [0.15, 0.2) is 12.4 Å². The van der Waals surface area contributed by atoms with E-state index in [0.29, 0.717) is 21.4 Å². The van der Waals surface area contributed by atoms with Gasteiger partial charge < -0.3 is 10.1 Å². The third kappa shape index (κ3) is 4.00. The average Bonchev–Trinajstić information content (AvgIpc) is 2.49. The number of hydrogen-bond acceptors (Lipinski definition) is 3. The van der Waals surface area contributed by atoms with Crippen LogP contribution in [0.4, 0.5) is 5.69 Å². The van der Waals surface area contributed by atoms with Crippen LogP contribution in [0.2, 0.25) is 10.0 Å². The molecule has 6 heteroatoms. The second-order valence-corrected chi connectivity index (χ2v) is 6.61. The van der Waals surface area contributed by atoms with Crippen molar-refractivity contribution in [2.45, 2.75) is 34.6 Å². The van der Waals surface area contributed by atoms with Gasteiger partial charge in [-0.25, -0.2) is 0 Å². The fraction of sp³-hybridized carbons (Fsp3) is 0.333. The van der Waals surface area contributed by atoms with Gasteiger partial charge in [0.05, 0.1) is 11.4 Å². The molecule has 0 atom stereocenters. The smallest absolute Gasteiger partial charge is 0.262 e. The zero-order chi connectivity index (χ0) is 18.0. The number of carbonyl (C=O) groups excluding carboxylic acids is 1. The molecule has 1 N–H and O–H groups in total. The molecule has 2 rings (SSSR count). The van der Waals surface area contributed by atoms with Gasteiger partial charge in [-0.3, -0.25) is 9.78 Å². The van der Waals surface area contributed by atoms with Gasteiger partial charge in [0.2, 0.25) is 0 Å². The molecule has 0 bridgehead atoms. The SMILES string of the molecule is Cc1cc(C)c(NC(=O)COc2c(Cl)c(C)nc(C)c2Cl)c(C)c1. The van der Waals surface area contributed by atoms with Crippen molar-refractivity contribution in [2.75, 3.05) is 11.9 Å². The number of carbonyl (C=O) groups is 1. The van der Waals surface area contributed by atoms with E-state index in [2.05, 4.69) is 10.3 Å². The predicted octanol–water partition coefficient (Wildman–Crippen LogP) is 4.95. The number of amides is 1. The van der Waals surface area contributed by atoms with Gasteiger partial charge in [0, 0.05) is 5.69 Å². The molecule has 0 saturated carbocycles. The lowest BCUT2D eigenvalue weighted by Gasteiger charge is -2.15. The molecule has 0 saturated heterocycles. The van der Waals surface area contributed by atoms with Crippen LogP contribution < -0.4 is 10.1 Å². The van der Waals surface area contributed by atoms with Crippen LogP contribution in [0.5, 0.6) is 5.75 Å². The van der Waals surface area contributed by atoms with E-state index in [0.717, 1.165) is 22.4 Å². The number of nitrogens with one attached hydrogen (secondary N) is 1. The van der Waals surface area contributed by atoms with E-state index in [-0.39, 0.29) is 18.3 Å². The van der Waals surface area contributed by atoms with Crippen molar-refractivity contribution in [3.63, 3.8) is 0 Å². The molecule has 0 spiro atoms. The highest BCUT2D eigenvalue weighted by atomic mass is 35.5. The lowest BCUT2D eigenvalue weighted by molar-refractivity contribution is -0.118. The molecule has 0 aliphatic heterocycles. The number of aromatic nitrogens is 1. The molecule has 0 aliphatic carbocycles. The van der Waals surface area contributed by atoms with Crippen molar-refractivity contribution in [1.29, 1.82) is 0 Å². The molecule has 0 fully saturated rings. The molecule has 0 radical (unpaired) electrons. The summed E-state index contributed by atoms with van der Waals surface area (Å²) in [5, 5.41) is 3.52. The number of rotatable bonds is 4. The van der Waals surface area contributed by atoms with E-state index < -0.39 is 0 Å². The third-order valence-electron chi connectivity index (χ3n) is 3.66. The fourth-order valence-electron chi connectivity index (χ4n) is 2.59. The number of pyridine rings is 1. The quantitative estimate of drug-likeness (QED) is 0.832. The van der Waals surface area contributed by atoms with Crippen LogP contribution in [0.15, 0.2) is 12.1 Å². The highest BCUT2D eigenvalue weighted by Crippen LogP contribution is 2.36. The summed E-state index contributed by atoms with van der Waals surface area (Å²) in [6.07, 6.45) is 0. The first-order chi connectivity index (χ1) is 11.2. The molecule has 1 aromatic heterocycles. The normalized spacial score (nSPS) is 10.6. The molecular weight excluding hydrogens is 347 g/mol. The fourth-order valence-corrected chi connectivity index (χ4v) is 3.02. The van der Waals surface area contributed by atoms with Gasteiger partial charge in [0.1, 0.15) is 10.0 Å². The highest BCUT2D eigenvalue weighted by molar-refractivity contribution is 6.37. The number of anilines is 1. The first-order valence-corrected chi connectivity index (χ1v) is 8.29. The van der Waals surface area contributed by atoms with Crippen LogP contribution in [0, 0.1) is 34.6 Å². The number of nitrogens with zero attached hydrogens (tertiary/aromatic N) is 1. The first-order valence-electron chi connectivity index (χ1n) is 7.53. The van der Waals surface area contributed by atoms with E-state index >= 15 is 0 Å². The van der Waals surface area contributed by atoms with Crippen molar-refractivity contribution < 1.29 is 9.53 Å². The Bertz CT molecular complexity index is 755. The van der Waals surface area contributed by atoms with Crippen molar-refractivity contribution in [1.82, 2.24) is 4.98 Å². The Balaban J connectivity index is 2.13. The third-order valence-corrected chi connectivity index (χ3v) is 4.55. The molecule has 128 valence electrons. The molecule has 1 heterocycles. The summed E-state index contributed by atoms with van der Waals surface area (Å²) >= 11 is 12.4. The van der Waals surface area contributed by atoms with Crippen LogP contribution in [0.1, 0.15) is 28.1 Å². The summed E-state index contributed by atoms with van der Waals surface area (Å²) in [7, 11) is 0. The Kier molecular flexibility index (Phi) is 5.73. The van der Waals surface area contributed by atoms with Gasteiger partial charge in [-0.15, -0.1) is 0 Å². The molecule has 4 nitrogen and oxygen atoms in total. The summed E-state index contributed by atoms with van der Waals surface area (Å²) in [5.74, 6) is 0.0140. The Morgan fingerprint density at radius 1 is 1.04 bits per heavy atom. The maximum absolute atomic E-state index is 12.2. The Morgan fingerprint density at radius 2 is 1.54 bits per heavy atom. The molecule has 0 aliphatic rings. The zero-order valence-corrected chi connectivity index (χ0v) is 15.9. The Labute approximate surface area is 152 Å². The maximum atomic E-state index is 12.2. The minimum atomic E-state index is -0.274. The Morgan fingerprint density at radius 3 is 2.04 bits per heavy atom. The number of hydrogen-bond donors (Lipinski definition) is 1. The first kappa shape index (κ1) is 18.6. The maximum Gasteiger partial charge on any atom is 0.262 e. The Hall–Kier alpha value is -1.78. The molecule has 1 aromatic carbocycles. The van der Waals surface area contributed by atoms with Crippen LogP contribution in [0.25, 0.3) is 0 Å². The average molecular weight is 367 g/mol. The van der Waals surface area contributed by atoms with Crippen LogP contribution in [-0.4, -0.2) is 17.5 Å². The van der Waals surface area contributed by atoms with Crippen LogP contribution >= 0.6 is 23.2 Å².